The molecule has 4 nitrogen and oxygen atoms in total. The third kappa shape index (κ3) is 3.26. The zero-order chi connectivity index (χ0) is 13.8. The van der Waals surface area contributed by atoms with Crippen LogP contribution in [0.2, 0.25) is 0 Å². The molecule has 3 N–H and O–H groups in total. The largest absolute Gasteiger partial charge is 0.383 e. The lowest BCUT2D eigenvalue weighted by molar-refractivity contribution is 0.517. The first kappa shape index (κ1) is 13.4. The van der Waals surface area contributed by atoms with Gasteiger partial charge in [-0.05, 0) is 32.0 Å². The van der Waals surface area contributed by atoms with Crippen molar-refractivity contribution < 1.29 is 4.39 Å². The molecule has 19 heavy (non-hydrogen) atoms. The van der Waals surface area contributed by atoms with E-state index < -0.39 is 0 Å². The monoisotopic (exact) mass is 260 g/mol. The number of nitrogens with two attached hydrogens (primary N) is 1. The first-order chi connectivity index (χ1) is 9.08. The summed E-state index contributed by atoms with van der Waals surface area (Å²) >= 11 is 0. The van der Waals surface area contributed by atoms with Gasteiger partial charge in [0.25, 0.3) is 0 Å². The molecule has 100 valence electrons. The molecule has 2 aromatic rings. The van der Waals surface area contributed by atoms with Gasteiger partial charge in [-0.15, -0.1) is 0 Å². The number of halogens is 1. The molecular formula is C14H17FN4. The molecule has 0 radical (unpaired) electrons. The van der Waals surface area contributed by atoms with Crippen LogP contribution in [0.3, 0.4) is 0 Å². The van der Waals surface area contributed by atoms with Crippen LogP contribution in [0, 0.1) is 5.82 Å². The Morgan fingerprint density at radius 3 is 2.58 bits per heavy atom. The fourth-order valence-electron chi connectivity index (χ4n) is 1.90. The van der Waals surface area contributed by atoms with Gasteiger partial charge < -0.3 is 11.1 Å². The molecule has 0 saturated carbocycles. The number of nitrogen functional groups attached to an aromatic ring is 1. The van der Waals surface area contributed by atoms with E-state index in [9.17, 15) is 4.39 Å². The zero-order valence-electron chi connectivity index (χ0n) is 11.0. The second-order valence-electron chi connectivity index (χ2n) is 4.63. The topological polar surface area (TPSA) is 63.8 Å². The van der Waals surface area contributed by atoms with Gasteiger partial charge in [0.05, 0.1) is 17.9 Å². The highest BCUT2D eigenvalue weighted by Crippen LogP contribution is 2.24. The summed E-state index contributed by atoms with van der Waals surface area (Å²) in [6, 6.07) is 6.80. The SMILES string of the molecule is CC(C)NC(c1ccc(F)cn1)c1cccnc1N. The van der Waals surface area contributed by atoms with E-state index in [4.69, 9.17) is 5.73 Å². The van der Waals surface area contributed by atoms with E-state index in [0.29, 0.717) is 5.82 Å². The highest BCUT2D eigenvalue weighted by atomic mass is 19.1. The first-order valence-corrected chi connectivity index (χ1v) is 6.16. The van der Waals surface area contributed by atoms with Crippen LogP contribution < -0.4 is 11.1 Å². The van der Waals surface area contributed by atoms with Crippen LogP contribution in [0.25, 0.3) is 0 Å². The van der Waals surface area contributed by atoms with Gasteiger partial charge in [-0.1, -0.05) is 6.07 Å². The van der Waals surface area contributed by atoms with Gasteiger partial charge in [-0.2, -0.15) is 0 Å². The Morgan fingerprint density at radius 1 is 1.21 bits per heavy atom. The van der Waals surface area contributed by atoms with Crippen molar-refractivity contribution >= 4 is 5.82 Å². The molecule has 5 heteroatoms. The van der Waals surface area contributed by atoms with E-state index in [1.54, 1.807) is 12.3 Å². The molecule has 2 heterocycles. The smallest absolute Gasteiger partial charge is 0.141 e. The Hall–Kier alpha value is -2.01. The second-order valence-corrected chi connectivity index (χ2v) is 4.63. The molecule has 0 bridgehead atoms. The lowest BCUT2D eigenvalue weighted by Crippen LogP contribution is -2.30. The Kier molecular flexibility index (Phi) is 4.06. The summed E-state index contributed by atoms with van der Waals surface area (Å²) in [6.07, 6.45) is 2.85. The van der Waals surface area contributed by atoms with E-state index in [0.717, 1.165) is 11.3 Å². The van der Waals surface area contributed by atoms with Crippen molar-refractivity contribution in [1.29, 1.82) is 0 Å². The number of nitrogens with one attached hydrogen (secondary N) is 1. The van der Waals surface area contributed by atoms with Crippen LogP contribution in [0.5, 0.6) is 0 Å². The maximum atomic E-state index is 13.0. The molecule has 0 amide bonds. The number of hydrogen-bond acceptors (Lipinski definition) is 4. The fraction of sp³-hybridized carbons (Fsp3) is 0.286. The molecule has 2 rings (SSSR count). The van der Waals surface area contributed by atoms with Gasteiger partial charge in [0.2, 0.25) is 0 Å². The van der Waals surface area contributed by atoms with Crippen LogP contribution in [0.1, 0.15) is 31.1 Å². The van der Waals surface area contributed by atoms with Gasteiger partial charge in [0, 0.05) is 17.8 Å². The lowest BCUT2D eigenvalue weighted by atomic mass is 10.0. The van der Waals surface area contributed by atoms with Crippen molar-refractivity contribution in [2.75, 3.05) is 5.73 Å². The second kappa shape index (κ2) is 5.75. The van der Waals surface area contributed by atoms with E-state index in [1.165, 1.54) is 12.3 Å². The first-order valence-electron chi connectivity index (χ1n) is 6.16. The predicted octanol–water partition coefficient (Wildman–Crippen LogP) is 2.29. The zero-order valence-corrected chi connectivity index (χ0v) is 11.0. The summed E-state index contributed by atoms with van der Waals surface area (Å²) in [6.45, 7) is 4.06. The summed E-state index contributed by atoms with van der Waals surface area (Å²) < 4.78 is 13.0. The summed E-state index contributed by atoms with van der Waals surface area (Å²) in [5.41, 5.74) is 7.47. The Bertz CT molecular complexity index is 539. The number of rotatable bonds is 4. The minimum absolute atomic E-state index is 0.200. The summed E-state index contributed by atoms with van der Waals surface area (Å²) in [5, 5.41) is 3.37. The molecule has 0 aromatic carbocycles. The average molecular weight is 260 g/mol. The molecular weight excluding hydrogens is 243 g/mol. The van der Waals surface area contributed by atoms with Crippen molar-refractivity contribution in [3.8, 4) is 0 Å². The molecule has 0 spiro atoms. The van der Waals surface area contributed by atoms with E-state index in [1.807, 2.05) is 26.0 Å². The Morgan fingerprint density at radius 2 is 2.00 bits per heavy atom. The standard InChI is InChI=1S/C14H17FN4/c1-9(2)19-13(11-4-3-7-17-14(11)16)12-6-5-10(15)8-18-12/h3-9,13,19H,1-2H3,(H2,16,17). The minimum atomic E-state index is -0.355. The molecule has 0 aliphatic rings. The normalized spacial score (nSPS) is 12.6. The number of aromatic nitrogens is 2. The van der Waals surface area contributed by atoms with Gasteiger partial charge in [-0.25, -0.2) is 9.37 Å². The van der Waals surface area contributed by atoms with Gasteiger partial charge >= 0.3 is 0 Å². The van der Waals surface area contributed by atoms with Crippen LogP contribution in [0.15, 0.2) is 36.7 Å². The van der Waals surface area contributed by atoms with Crippen LogP contribution in [0.4, 0.5) is 10.2 Å². The minimum Gasteiger partial charge on any atom is -0.383 e. The number of hydrogen-bond donors (Lipinski definition) is 2. The fourth-order valence-corrected chi connectivity index (χ4v) is 1.90. The summed E-state index contributed by atoms with van der Waals surface area (Å²) in [4.78, 5) is 8.21. The third-order valence-corrected chi connectivity index (χ3v) is 2.73. The van der Waals surface area contributed by atoms with Crippen molar-refractivity contribution in [1.82, 2.24) is 15.3 Å². The Balaban J connectivity index is 2.41. The predicted molar refractivity (Wildman–Crippen MR) is 73.0 cm³/mol. The van der Waals surface area contributed by atoms with Crippen molar-refractivity contribution in [3.63, 3.8) is 0 Å². The highest BCUT2D eigenvalue weighted by molar-refractivity contribution is 5.44. The maximum absolute atomic E-state index is 13.0. The average Bonchev–Trinajstić information content (AvgIpc) is 2.38. The molecule has 0 fully saturated rings. The van der Waals surface area contributed by atoms with Crippen molar-refractivity contribution in [2.24, 2.45) is 0 Å². The van der Waals surface area contributed by atoms with E-state index >= 15 is 0 Å². The van der Waals surface area contributed by atoms with Crippen LogP contribution in [-0.2, 0) is 0 Å². The third-order valence-electron chi connectivity index (χ3n) is 2.73. The molecule has 0 saturated heterocycles. The quantitative estimate of drug-likeness (QED) is 0.885. The lowest BCUT2D eigenvalue weighted by Gasteiger charge is -2.22. The summed E-state index contributed by atoms with van der Waals surface area (Å²) in [7, 11) is 0. The van der Waals surface area contributed by atoms with Crippen molar-refractivity contribution in [2.45, 2.75) is 25.9 Å². The molecule has 0 aliphatic heterocycles. The van der Waals surface area contributed by atoms with Gasteiger partial charge in [-0.3, -0.25) is 4.98 Å². The number of pyridine rings is 2. The summed E-state index contributed by atoms with van der Waals surface area (Å²) in [5.74, 6) is 0.0954. The van der Waals surface area contributed by atoms with E-state index in [-0.39, 0.29) is 17.9 Å². The molecule has 2 aromatic heterocycles. The number of nitrogens with zero attached hydrogens (tertiary/aromatic N) is 2. The molecule has 1 unspecified atom stereocenters. The number of anilines is 1. The van der Waals surface area contributed by atoms with Crippen LogP contribution in [-0.4, -0.2) is 16.0 Å². The van der Waals surface area contributed by atoms with Crippen LogP contribution >= 0.6 is 0 Å². The maximum Gasteiger partial charge on any atom is 0.141 e. The van der Waals surface area contributed by atoms with Gasteiger partial charge in [0.1, 0.15) is 11.6 Å². The molecule has 1 atom stereocenters. The van der Waals surface area contributed by atoms with Crippen molar-refractivity contribution in [3.05, 3.63) is 53.7 Å². The van der Waals surface area contributed by atoms with Gasteiger partial charge in [0.15, 0.2) is 0 Å². The highest BCUT2D eigenvalue weighted by Gasteiger charge is 2.19. The Labute approximate surface area is 111 Å². The molecule has 0 aliphatic carbocycles. The van der Waals surface area contributed by atoms with E-state index in [2.05, 4.69) is 15.3 Å².